The zero-order valence-corrected chi connectivity index (χ0v) is 12.5. The first-order valence-corrected chi connectivity index (χ1v) is 8.20. The molecule has 2 aromatic heterocycles. The van der Waals surface area contributed by atoms with Crippen LogP contribution >= 0.6 is 11.3 Å². The second-order valence-electron chi connectivity index (χ2n) is 4.05. The third-order valence-electron chi connectivity index (χ3n) is 2.53. The van der Waals surface area contributed by atoms with Crippen molar-refractivity contribution in [3.63, 3.8) is 0 Å². The number of hydrogen-bond acceptors (Lipinski definition) is 7. The number of nitrogens with two attached hydrogens (primary N) is 1. The molecule has 2 aromatic rings. The number of aromatic nitrogens is 2. The Labute approximate surface area is 121 Å². The number of hydrogen-bond donors (Lipinski definition) is 3. The van der Waals surface area contributed by atoms with Crippen molar-refractivity contribution in [1.82, 2.24) is 14.7 Å². The number of anilines is 1. The number of nitrogens with one attached hydrogen (secondary N) is 2. The molecule has 0 aliphatic carbocycles. The molecule has 4 N–H and O–H groups in total. The lowest BCUT2D eigenvalue weighted by atomic mass is 10.4. The third kappa shape index (κ3) is 3.51. The van der Waals surface area contributed by atoms with Gasteiger partial charge in [-0.25, -0.2) is 18.1 Å². The second kappa shape index (κ2) is 6.27. The first-order valence-electron chi connectivity index (χ1n) is 5.84. The molecule has 7 nitrogen and oxygen atoms in total. The summed E-state index contributed by atoms with van der Waals surface area (Å²) in [5.74, 6) is 5.29. The summed E-state index contributed by atoms with van der Waals surface area (Å²) in [6.45, 7) is 2.17. The number of pyridine rings is 1. The van der Waals surface area contributed by atoms with Crippen LogP contribution in [-0.4, -0.2) is 24.9 Å². The SMILES string of the molecule is Cc1csc(CCNS(=O)(=O)c2cnccc2NN)n1. The van der Waals surface area contributed by atoms with Gasteiger partial charge in [0.25, 0.3) is 0 Å². The van der Waals surface area contributed by atoms with E-state index in [4.69, 9.17) is 5.84 Å². The summed E-state index contributed by atoms with van der Waals surface area (Å²) in [7, 11) is -3.64. The van der Waals surface area contributed by atoms with Crippen LogP contribution in [0.4, 0.5) is 5.69 Å². The molecular formula is C11H15N5O2S2. The molecular weight excluding hydrogens is 298 g/mol. The summed E-state index contributed by atoms with van der Waals surface area (Å²) in [5, 5.41) is 2.83. The predicted molar refractivity (Wildman–Crippen MR) is 77.8 cm³/mol. The molecule has 0 amide bonds. The van der Waals surface area contributed by atoms with Crippen LogP contribution in [0.25, 0.3) is 0 Å². The Balaban J connectivity index is 2.04. The van der Waals surface area contributed by atoms with Gasteiger partial charge in [-0.05, 0) is 13.0 Å². The van der Waals surface area contributed by atoms with Gasteiger partial charge in [-0.1, -0.05) is 0 Å². The summed E-state index contributed by atoms with van der Waals surface area (Å²) in [6.07, 6.45) is 3.26. The maximum absolute atomic E-state index is 12.1. The van der Waals surface area contributed by atoms with E-state index in [0.717, 1.165) is 10.7 Å². The van der Waals surface area contributed by atoms with Gasteiger partial charge in [0.15, 0.2) is 0 Å². The zero-order chi connectivity index (χ0) is 14.6. The van der Waals surface area contributed by atoms with Gasteiger partial charge in [0, 0.05) is 36.4 Å². The molecule has 0 unspecified atom stereocenters. The van der Waals surface area contributed by atoms with Crippen molar-refractivity contribution in [2.75, 3.05) is 12.0 Å². The lowest BCUT2D eigenvalue weighted by Gasteiger charge is -2.09. The summed E-state index contributed by atoms with van der Waals surface area (Å²) in [5.41, 5.74) is 3.59. The number of nitrogen functional groups attached to an aromatic ring is 1. The molecule has 0 aliphatic heterocycles. The molecule has 2 rings (SSSR count). The quantitative estimate of drug-likeness (QED) is 0.533. The van der Waals surface area contributed by atoms with Crippen LogP contribution in [-0.2, 0) is 16.4 Å². The highest BCUT2D eigenvalue weighted by atomic mass is 32.2. The summed E-state index contributed by atoms with van der Waals surface area (Å²) in [6, 6.07) is 1.50. The Kier molecular flexibility index (Phi) is 4.65. The molecule has 0 aliphatic rings. The molecule has 108 valence electrons. The van der Waals surface area contributed by atoms with Gasteiger partial charge in [-0.15, -0.1) is 11.3 Å². The largest absolute Gasteiger partial charge is 0.323 e. The Morgan fingerprint density at radius 2 is 2.25 bits per heavy atom. The standard InChI is InChI=1S/C11H15N5O2S2/c1-8-7-19-11(15-8)3-5-14-20(17,18)10-6-13-4-2-9(10)16-12/h2,4,6-7,14H,3,5,12H2,1H3,(H,13,16). The van der Waals surface area contributed by atoms with Crippen LogP contribution in [0, 0.1) is 6.92 Å². The maximum Gasteiger partial charge on any atom is 0.244 e. The Hall–Kier alpha value is -1.55. The van der Waals surface area contributed by atoms with Crippen LogP contribution in [0.15, 0.2) is 28.7 Å². The molecule has 0 fully saturated rings. The minimum atomic E-state index is -3.64. The minimum absolute atomic E-state index is 0.0258. The lowest BCUT2D eigenvalue weighted by Crippen LogP contribution is -2.27. The normalized spacial score (nSPS) is 11.5. The highest BCUT2D eigenvalue weighted by molar-refractivity contribution is 7.89. The summed E-state index contributed by atoms with van der Waals surface area (Å²) < 4.78 is 26.8. The van der Waals surface area contributed by atoms with Crippen LogP contribution in [0.2, 0.25) is 0 Å². The average Bonchev–Trinajstić information content (AvgIpc) is 2.84. The fraction of sp³-hybridized carbons (Fsp3) is 0.273. The zero-order valence-electron chi connectivity index (χ0n) is 10.8. The van der Waals surface area contributed by atoms with Gasteiger partial charge in [-0.3, -0.25) is 10.8 Å². The fourth-order valence-corrected chi connectivity index (χ4v) is 3.52. The smallest absolute Gasteiger partial charge is 0.244 e. The van der Waals surface area contributed by atoms with E-state index in [1.54, 1.807) is 0 Å². The number of sulfonamides is 1. The molecule has 2 heterocycles. The first-order chi connectivity index (χ1) is 9.53. The summed E-state index contributed by atoms with van der Waals surface area (Å²) >= 11 is 1.51. The summed E-state index contributed by atoms with van der Waals surface area (Å²) in [4.78, 5) is 8.11. The van der Waals surface area contributed by atoms with Crippen LogP contribution in [0.1, 0.15) is 10.7 Å². The Bertz CT molecular complexity index is 684. The van der Waals surface area contributed by atoms with Gasteiger partial charge in [-0.2, -0.15) is 0 Å². The maximum atomic E-state index is 12.1. The Morgan fingerprint density at radius 3 is 2.90 bits per heavy atom. The van der Waals surface area contributed by atoms with Crippen LogP contribution in [0.5, 0.6) is 0 Å². The van der Waals surface area contributed by atoms with E-state index in [1.807, 2.05) is 12.3 Å². The average molecular weight is 313 g/mol. The monoisotopic (exact) mass is 313 g/mol. The molecule has 0 bridgehead atoms. The molecule has 0 radical (unpaired) electrons. The van der Waals surface area contributed by atoms with E-state index in [9.17, 15) is 8.42 Å². The number of rotatable bonds is 6. The van der Waals surface area contributed by atoms with Gasteiger partial charge in [0.2, 0.25) is 10.0 Å². The van der Waals surface area contributed by atoms with E-state index >= 15 is 0 Å². The molecule has 0 atom stereocenters. The highest BCUT2D eigenvalue weighted by Gasteiger charge is 2.18. The van der Waals surface area contributed by atoms with E-state index in [-0.39, 0.29) is 11.4 Å². The number of hydrazine groups is 1. The van der Waals surface area contributed by atoms with Crippen molar-refractivity contribution in [2.24, 2.45) is 5.84 Å². The Morgan fingerprint density at radius 1 is 1.45 bits per heavy atom. The van der Waals surface area contributed by atoms with Gasteiger partial charge in [0.05, 0.1) is 10.7 Å². The van der Waals surface area contributed by atoms with Gasteiger partial charge >= 0.3 is 0 Å². The molecule has 0 saturated heterocycles. The molecule has 0 saturated carbocycles. The van der Waals surface area contributed by atoms with Gasteiger partial charge in [0.1, 0.15) is 4.90 Å². The van der Waals surface area contributed by atoms with Crippen molar-refractivity contribution in [3.8, 4) is 0 Å². The fourth-order valence-electron chi connectivity index (χ4n) is 1.60. The van der Waals surface area contributed by atoms with Crippen LogP contribution in [0.3, 0.4) is 0 Å². The van der Waals surface area contributed by atoms with Crippen LogP contribution < -0.4 is 16.0 Å². The van der Waals surface area contributed by atoms with E-state index < -0.39 is 10.0 Å². The van der Waals surface area contributed by atoms with E-state index in [2.05, 4.69) is 20.1 Å². The molecule has 0 aromatic carbocycles. The minimum Gasteiger partial charge on any atom is -0.323 e. The predicted octanol–water partition coefficient (Wildman–Crippen LogP) is 0.653. The third-order valence-corrected chi connectivity index (χ3v) is 5.04. The topological polar surface area (TPSA) is 110 Å². The highest BCUT2D eigenvalue weighted by Crippen LogP contribution is 2.18. The van der Waals surface area contributed by atoms with Crippen molar-refractivity contribution < 1.29 is 8.42 Å². The number of thiazole rings is 1. The van der Waals surface area contributed by atoms with Crippen molar-refractivity contribution in [2.45, 2.75) is 18.2 Å². The molecule has 9 heteroatoms. The number of nitrogens with zero attached hydrogens (tertiary/aromatic N) is 2. The first kappa shape index (κ1) is 14.9. The molecule has 20 heavy (non-hydrogen) atoms. The van der Waals surface area contributed by atoms with Gasteiger partial charge < -0.3 is 5.43 Å². The molecule has 0 spiro atoms. The van der Waals surface area contributed by atoms with E-state index in [1.165, 1.54) is 29.8 Å². The number of aryl methyl sites for hydroxylation is 1. The van der Waals surface area contributed by atoms with Crippen molar-refractivity contribution in [3.05, 3.63) is 34.5 Å². The van der Waals surface area contributed by atoms with Crippen molar-refractivity contribution >= 4 is 27.0 Å². The second-order valence-corrected chi connectivity index (χ2v) is 6.72. The van der Waals surface area contributed by atoms with Crippen molar-refractivity contribution in [1.29, 1.82) is 0 Å². The van der Waals surface area contributed by atoms with E-state index in [0.29, 0.717) is 12.1 Å². The lowest BCUT2D eigenvalue weighted by molar-refractivity contribution is 0.581.